The topological polar surface area (TPSA) is 79.1 Å². The highest BCUT2D eigenvalue weighted by atomic mass is 32.1. The quantitative estimate of drug-likeness (QED) is 0.390. The van der Waals surface area contributed by atoms with Gasteiger partial charge in [0.1, 0.15) is 5.75 Å². The summed E-state index contributed by atoms with van der Waals surface area (Å²) in [5.41, 5.74) is 1.38. The number of H-pyrrole nitrogens is 1. The molecule has 4 rings (SSSR count). The third-order valence-electron chi connectivity index (χ3n) is 6.33. The zero-order valence-corrected chi connectivity index (χ0v) is 20.8. The van der Waals surface area contributed by atoms with Crippen LogP contribution in [0.2, 0.25) is 0 Å². The fourth-order valence-electron chi connectivity index (χ4n) is 4.50. The minimum atomic E-state index is -0.0934. The van der Waals surface area contributed by atoms with Crippen LogP contribution in [0.15, 0.2) is 29.1 Å². The minimum Gasteiger partial charge on any atom is -0.494 e. The van der Waals surface area contributed by atoms with Crippen molar-refractivity contribution in [1.29, 1.82) is 0 Å². The van der Waals surface area contributed by atoms with E-state index in [0.29, 0.717) is 30.4 Å². The van der Waals surface area contributed by atoms with Crippen LogP contribution in [0.1, 0.15) is 31.7 Å². The average molecular weight is 489 g/mol. The molecule has 2 aromatic rings. The molecule has 1 aromatic carbocycles. The molecule has 0 radical (unpaired) electrons. The van der Waals surface area contributed by atoms with Gasteiger partial charge in [-0.3, -0.25) is 9.69 Å². The highest BCUT2D eigenvalue weighted by molar-refractivity contribution is 7.80. The number of rotatable bonds is 10. The molecular weight excluding hydrogens is 452 g/mol. The zero-order valence-electron chi connectivity index (χ0n) is 20.0. The highest BCUT2D eigenvalue weighted by Gasteiger charge is 2.22. The van der Waals surface area contributed by atoms with Gasteiger partial charge in [0.25, 0.3) is 5.56 Å². The smallest absolute Gasteiger partial charge is 0.253 e. The van der Waals surface area contributed by atoms with Crippen molar-refractivity contribution in [3.8, 4) is 5.75 Å². The Balaban J connectivity index is 1.42. The summed E-state index contributed by atoms with van der Waals surface area (Å²) in [5.74, 6) is 0.793. The Labute approximate surface area is 206 Å². The molecule has 0 saturated carbocycles. The summed E-state index contributed by atoms with van der Waals surface area (Å²) in [6.07, 6.45) is 3.22. The summed E-state index contributed by atoms with van der Waals surface area (Å²) >= 11 is 5.77. The van der Waals surface area contributed by atoms with E-state index in [2.05, 4.69) is 20.1 Å². The van der Waals surface area contributed by atoms with Crippen molar-refractivity contribution < 1.29 is 14.2 Å². The molecule has 186 valence electrons. The molecule has 1 aromatic heterocycles. The number of nitrogens with zero attached hydrogens (tertiary/aromatic N) is 2. The molecule has 0 aliphatic carbocycles. The van der Waals surface area contributed by atoms with Gasteiger partial charge in [-0.05, 0) is 69.2 Å². The molecule has 1 atom stereocenters. The second kappa shape index (κ2) is 12.5. The molecule has 2 N–H and O–H groups in total. The second-order valence-electron chi connectivity index (χ2n) is 8.86. The normalized spacial score (nSPS) is 18.8. The van der Waals surface area contributed by atoms with Crippen molar-refractivity contribution in [2.45, 2.75) is 38.8 Å². The minimum absolute atomic E-state index is 0.0934. The number of hydrogen-bond donors (Lipinski definition) is 2. The Bertz CT molecular complexity index is 1000. The van der Waals surface area contributed by atoms with Gasteiger partial charge >= 0.3 is 0 Å². The van der Waals surface area contributed by atoms with Crippen LogP contribution in [0.25, 0.3) is 10.9 Å². The van der Waals surface area contributed by atoms with Gasteiger partial charge in [-0.1, -0.05) is 0 Å². The number of nitrogens with one attached hydrogen (secondary N) is 2. The lowest BCUT2D eigenvalue weighted by atomic mass is 10.1. The maximum Gasteiger partial charge on any atom is 0.253 e. The first kappa shape index (κ1) is 24.9. The Hall–Kier alpha value is -2.20. The van der Waals surface area contributed by atoms with Crippen LogP contribution in [-0.2, 0) is 16.0 Å². The van der Waals surface area contributed by atoms with Crippen molar-refractivity contribution in [1.82, 2.24) is 20.1 Å². The van der Waals surface area contributed by atoms with E-state index in [9.17, 15) is 4.79 Å². The fourth-order valence-corrected chi connectivity index (χ4v) is 4.74. The van der Waals surface area contributed by atoms with E-state index in [1.54, 1.807) is 0 Å². The Morgan fingerprint density at radius 1 is 1.29 bits per heavy atom. The molecule has 2 aliphatic heterocycles. The molecule has 8 nitrogen and oxygen atoms in total. The van der Waals surface area contributed by atoms with Gasteiger partial charge < -0.3 is 29.4 Å². The molecule has 0 spiro atoms. The average Bonchev–Trinajstić information content (AvgIpc) is 3.36. The van der Waals surface area contributed by atoms with Gasteiger partial charge in [0, 0.05) is 49.3 Å². The van der Waals surface area contributed by atoms with Crippen LogP contribution in [0.3, 0.4) is 0 Å². The Morgan fingerprint density at radius 2 is 2.15 bits per heavy atom. The van der Waals surface area contributed by atoms with E-state index in [-0.39, 0.29) is 11.7 Å². The van der Waals surface area contributed by atoms with Crippen molar-refractivity contribution in [3.05, 3.63) is 40.2 Å². The number of ether oxygens (including phenoxy) is 3. The predicted octanol–water partition coefficient (Wildman–Crippen LogP) is 2.50. The molecule has 2 fully saturated rings. The molecular formula is C25H36N4O4S. The molecule has 0 bridgehead atoms. The number of morpholine rings is 1. The van der Waals surface area contributed by atoms with Crippen molar-refractivity contribution in [2.75, 3.05) is 59.2 Å². The maximum atomic E-state index is 12.9. The lowest BCUT2D eigenvalue weighted by Crippen LogP contribution is -2.45. The number of aromatic nitrogens is 1. The summed E-state index contributed by atoms with van der Waals surface area (Å²) in [6, 6.07) is 7.67. The Morgan fingerprint density at radius 3 is 2.91 bits per heavy atom. The van der Waals surface area contributed by atoms with Crippen LogP contribution < -0.4 is 15.6 Å². The zero-order chi connectivity index (χ0) is 23.8. The number of aromatic amines is 1. The van der Waals surface area contributed by atoms with Crippen LogP contribution in [0.5, 0.6) is 5.75 Å². The summed E-state index contributed by atoms with van der Waals surface area (Å²) in [4.78, 5) is 20.3. The van der Waals surface area contributed by atoms with Gasteiger partial charge in [-0.25, -0.2) is 0 Å². The maximum absolute atomic E-state index is 12.9. The monoisotopic (exact) mass is 488 g/mol. The van der Waals surface area contributed by atoms with Crippen LogP contribution in [0.4, 0.5) is 0 Å². The number of benzene rings is 1. The molecule has 3 heterocycles. The molecule has 9 heteroatoms. The Kier molecular flexibility index (Phi) is 9.15. The van der Waals surface area contributed by atoms with Gasteiger partial charge in [0.05, 0.1) is 32.5 Å². The van der Waals surface area contributed by atoms with E-state index in [1.807, 2.05) is 31.2 Å². The van der Waals surface area contributed by atoms with Gasteiger partial charge in [0.15, 0.2) is 5.11 Å². The van der Waals surface area contributed by atoms with Gasteiger partial charge in [-0.2, -0.15) is 0 Å². The van der Waals surface area contributed by atoms with Crippen molar-refractivity contribution in [3.63, 3.8) is 0 Å². The molecule has 34 heavy (non-hydrogen) atoms. The first-order chi connectivity index (χ1) is 16.6. The largest absolute Gasteiger partial charge is 0.494 e. The number of thiocarbonyl (C=S) groups is 1. The first-order valence-electron chi connectivity index (χ1n) is 12.4. The first-order valence-corrected chi connectivity index (χ1v) is 12.8. The lowest BCUT2D eigenvalue weighted by molar-refractivity contribution is 0.0375. The summed E-state index contributed by atoms with van der Waals surface area (Å²) in [5, 5.41) is 5.02. The van der Waals surface area contributed by atoms with E-state index >= 15 is 0 Å². The predicted molar refractivity (Wildman–Crippen MR) is 138 cm³/mol. The van der Waals surface area contributed by atoms with Gasteiger partial charge in [0.2, 0.25) is 0 Å². The standard InChI is InChI=1S/C25H36N4O4S/c1-2-32-21-6-7-23-19(16-21)15-20(24(30)27-23)17-29(18-22-5-3-12-33-22)25(34)26-8-4-9-28-10-13-31-14-11-28/h6-7,15-16,22H,2-5,8-14,17-18H2,1H3,(H,26,34)(H,27,30). The van der Waals surface area contributed by atoms with Crippen LogP contribution >= 0.6 is 12.2 Å². The number of hydrogen-bond acceptors (Lipinski definition) is 6. The molecule has 1 unspecified atom stereocenters. The van der Waals surface area contributed by atoms with E-state index in [0.717, 1.165) is 81.9 Å². The van der Waals surface area contributed by atoms with E-state index in [1.165, 1.54) is 0 Å². The molecule has 2 aliphatic rings. The summed E-state index contributed by atoms with van der Waals surface area (Å²) in [7, 11) is 0. The van der Waals surface area contributed by atoms with Crippen molar-refractivity contribution >= 4 is 28.2 Å². The number of pyridine rings is 1. The van der Waals surface area contributed by atoms with E-state index < -0.39 is 0 Å². The third kappa shape index (κ3) is 6.91. The second-order valence-corrected chi connectivity index (χ2v) is 9.25. The van der Waals surface area contributed by atoms with E-state index in [4.69, 9.17) is 26.4 Å². The highest BCUT2D eigenvalue weighted by Crippen LogP contribution is 2.20. The SMILES string of the molecule is CCOc1ccc2[nH]c(=O)c(CN(CC3CCCO3)C(=S)NCCCN3CCOCC3)cc2c1. The summed E-state index contributed by atoms with van der Waals surface area (Å²) < 4.78 is 16.9. The molecule has 0 amide bonds. The fraction of sp³-hybridized carbons (Fsp3) is 0.600. The lowest BCUT2D eigenvalue weighted by Gasteiger charge is -2.29. The molecule has 2 saturated heterocycles. The summed E-state index contributed by atoms with van der Waals surface area (Å²) in [6.45, 7) is 9.88. The van der Waals surface area contributed by atoms with Crippen molar-refractivity contribution in [2.24, 2.45) is 0 Å². The van der Waals surface area contributed by atoms with Crippen LogP contribution in [0, 0.1) is 0 Å². The van der Waals surface area contributed by atoms with Crippen LogP contribution in [-0.4, -0.2) is 85.2 Å². The third-order valence-corrected chi connectivity index (χ3v) is 6.73. The van der Waals surface area contributed by atoms with Gasteiger partial charge in [-0.15, -0.1) is 0 Å². The number of fused-ring (bicyclic) bond motifs is 1.